The molecule has 4 N–H and O–H groups in total. The molecule has 0 unspecified atom stereocenters. The predicted molar refractivity (Wildman–Crippen MR) is 108 cm³/mol. The fraction of sp³-hybridized carbons (Fsp3) is 0.812. The number of nitrogens with zero attached hydrogens (tertiary/aromatic N) is 1. The van der Waals surface area contributed by atoms with E-state index in [-0.39, 0.29) is 47.9 Å². The lowest BCUT2D eigenvalue weighted by molar-refractivity contribution is -0.122. The van der Waals surface area contributed by atoms with Crippen LogP contribution in [0, 0.1) is 0 Å². The van der Waals surface area contributed by atoms with E-state index in [4.69, 9.17) is 0 Å². The van der Waals surface area contributed by atoms with Gasteiger partial charge in [-0.25, -0.2) is 0 Å². The Kier molecular flexibility index (Phi) is 11.0. The number of amides is 2. The first-order valence-electron chi connectivity index (χ1n) is 8.35. The summed E-state index contributed by atoms with van der Waals surface area (Å²) in [5.74, 6) is 0.479. The molecule has 0 aliphatic heterocycles. The van der Waals surface area contributed by atoms with Gasteiger partial charge in [-0.1, -0.05) is 12.8 Å². The van der Waals surface area contributed by atoms with Crippen molar-refractivity contribution >= 4 is 41.8 Å². The van der Waals surface area contributed by atoms with E-state index < -0.39 is 0 Å². The van der Waals surface area contributed by atoms with Crippen LogP contribution in [-0.2, 0) is 9.59 Å². The number of hydrogen-bond donors (Lipinski definition) is 4. The molecule has 7 nitrogen and oxygen atoms in total. The molecule has 0 saturated heterocycles. The molecule has 2 amide bonds. The molecule has 0 bridgehead atoms. The Hall–Kier alpha value is -1.06. The molecule has 0 radical (unpaired) electrons. The molecule has 1 aliphatic rings. The molecule has 0 aromatic rings. The highest BCUT2D eigenvalue weighted by molar-refractivity contribution is 14.0. The molecule has 8 heteroatoms. The fourth-order valence-corrected chi connectivity index (χ4v) is 2.51. The largest absolute Gasteiger partial charge is 0.356 e. The second-order valence-electron chi connectivity index (χ2n) is 6.95. The van der Waals surface area contributed by atoms with E-state index in [0.29, 0.717) is 25.0 Å². The van der Waals surface area contributed by atoms with E-state index in [1.54, 1.807) is 7.05 Å². The van der Waals surface area contributed by atoms with E-state index >= 15 is 0 Å². The quantitative estimate of drug-likeness (QED) is 0.276. The first kappa shape index (κ1) is 22.9. The summed E-state index contributed by atoms with van der Waals surface area (Å²) in [5.41, 5.74) is -0.256. The number of rotatable bonds is 6. The second kappa shape index (κ2) is 11.5. The van der Waals surface area contributed by atoms with Gasteiger partial charge >= 0.3 is 0 Å². The minimum Gasteiger partial charge on any atom is -0.356 e. The van der Waals surface area contributed by atoms with Crippen LogP contribution in [0.15, 0.2) is 4.99 Å². The van der Waals surface area contributed by atoms with Crippen molar-refractivity contribution in [1.82, 2.24) is 21.3 Å². The topological polar surface area (TPSA) is 94.6 Å². The number of aliphatic imine (C=N–C) groups is 1. The van der Waals surface area contributed by atoms with Gasteiger partial charge in [-0.05, 0) is 33.6 Å². The van der Waals surface area contributed by atoms with Gasteiger partial charge in [0.15, 0.2) is 5.96 Å². The Balaban J connectivity index is 0.00000529. The van der Waals surface area contributed by atoms with E-state index in [9.17, 15) is 9.59 Å². The number of hydrogen-bond acceptors (Lipinski definition) is 3. The maximum absolute atomic E-state index is 11.8. The van der Waals surface area contributed by atoms with Gasteiger partial charge in [-0.3, -0.25) is 14.6 Å². The average molecular weight is 453 g/mol. The van der Waals surface area contributed by atoms with Crippen LogP contribution in [0.3, 0.4) is 0 Å². The highest BCUT2D eigenvalue weighted by Crippen LogP contribution is 2.17. The molecule has 24 heavy (non-hydrogen) atoms. The first-order valence-corrected chi connectivity index (χ1v) is 8.35. The van der Waals surface area contributed by atoms with Gasteiger partial charge in [0.25, 0.3) is 0 Å². The molecule has 1 rings (SSSR count). The molecule has 0 heterocycles. The molecular formula is C16H32IN5O2. The molecular weight excluding hydrogens is 421 g/mol. The highest BCUT2D eigenvalue weighted by atomic mass is 127. The Morgan fingerprint density at radius 1 is 1.08 bits per heavy atom. The van der Waals surface area contributed by atoms with Crippen LogP contribution in [0.25, 0.3) is 0 Å². The van der Waals surface area contributed by atoms with Crippen LogP contribution in [-0.4, -0.2) is 49.5 Å². The van der Waals surface area contributed by atoms with Crippen LogP contribution < -0.4 is 21.3 Å². The molecule has 1 fully saturated rings. The normalized spacial score (nSPS) is 15.4. The first-order chi connectivity index (χ1) is 10.8. The van der Waals surface area contributed by atoms with Crippen LogP contribution in [0.1, 0.15) is 52.9 Å². The maximum Gasteiger partial charge on any atom is 0.239 e. The van der Waals surface area contributed by atoms with Crippen LogP contribution in [0.4, 0.5) is 0 Å². The molecule has 1 aliphatic carbocycles. The number of halogens is 1. The SMILES string of the molecule is CN=C(NCCC(=O)NC1CCCC1)NCC(=O)NC(C)(C)C.I. The summed E-state index contributed by atoms with van der Waals surface area (Å²) in [6.07, 6.45) is 4.98. The Morgan fingerprint density at radius 2 is 1.71 bits per heavy atom. The zero-order valence-electron chi connectivity index (χ0n) is 15.2. The summed E-state index contributed by atoms with van der Waals surface area (Å²) >= 11 is 0. The van der Waals surface area contributed by atoms with Crippen molar-refractivity contribution in [3.63, 3.8) is 0 Å². The van der Waals surface area contributed by atoms with Gasteiger partial charge in [0.05, 0.1) is 6.54 Å². The van der Waals surface area contributed by atoms with Gasteiger partial charge in [-0.2, -0.15) is 0 Å². The van der Waals surface area contributed by atoms with Crippen molar-refractivity contribution in [2.75, 3.05) is 20.1 Å². The number of guanidine groups is 1. The Morgan fingerprint density at radius 3 is 2.25 bits per heavy atom. The van der Waals surface area contributed by atoms with Gasteiger partial charge in [0.1, 0.15) is 0 Å². The third-order valence-electron chi connectivity index (χ3n) is 3.52. The molecule has 1 saturated carbocycles. The molecule has 0 aromatic carbocycles. The lowest BCUT2D eigenvalue weighted by atomic mass is 10.1. The van der Waals surface area contributed by atoms with Crippen molar-refractivity contribution in [2.24, 2.45) is 4.99 Å². The summed E-state index contributed by atoms with van der Waals surface area (Å²) < 4.78 is 0. The number of nitrogens with one attached hydrogen (secondary N) is 4. The summed E-state index contributed by atoms with van der Waals surface area (Å²) in [7, 11) is 1.63. The summed E-state index contributed by atoms with van der Waals surface area (Å²) in [6.45, 7) is 6.42. The van der Waals surface area contributed by atoms with Gasteiger partial charge in [0, 0.05) is 31.6 Å². The van der Waals surface area contributed by atoms with E-state index in [2.05, 4.69) is 26.3 Å². The Bertz CT molecular complexity index is 429. The number of carbonyl (C=O) groups excluding carboxylic acids is 2. The van der Waals surface area contributed by atoms with Crippen molar-refractivity contribution in [1.29, 1.82) is 0 Å². The van der Waals surface area contributed by atoms with Gasteiger partial charge in [-0.15, -0.1) is 24.0 Å². The van der Waals surface area contributed by atoms with E-state index in [0.717, 1.165) is 12.8 Å². The maximum atomic E-state index is 11.8. The average Bonchev–Trinajstić information content (AvgIpc) is 2.93. The smallest absolute Gasteiger partial charge is 0.239 e. The zero-order valence-corrected chi connectivity index (χ0v) is 17.5. The summed E-state index contributed by atoms with van der Waals surface area (Å²) in [5, 5.41) is 11.9. The number of carbonyl (C=O) groups is 2. The highest BCUT2D eigenvalue weighted by Gasteiger charge is 2.17. The van der Waals surface area contributed by atoms with Crippen molar-refractivity contribution < 1.29 is 9.59 Å². The second-order valence-corrected chi connectivity index (χ2v) is 6.95. The molecule has 140 valence electrons. The summed E-state index contributed by atoms with van der Waals surface area (Å²) in [6, 6.07) is 0.348. The van der Waals surface area contributed by atoms with Gasteiger partial charge < -0.3 is 21.3 Å². The van der Waals surface area contributed by atoms with Crippen molar-refractivity contribution in [3.05, 3.63) is 0 Å². The fourth-order valence-electron chi connectivity index (χ4n) is 2.51. The minimum atomic E-state index is -0.256. The van der Waals surface area contributed by atoms with Crippen LogP contribution in [0.2, 0.25) is 0 Å². The van der Waals surface area contributed by atoms with Gasteiger partial charge in [0.2, 0.25) is 11.8 Å². The third-order valence-corrected chi connectivity index (χ3v) is 3.52. The monoisotopic (exact) mass is 453 g/mol. The zero-order chi connectivity index (χ0) is 17.3. The molecule has 0 aromatic heterocycles. The lowest BCUT2D eigenvalue weighted by Crippen LogP contribution is -2.48. The molecule has 0 atom stereocenters. The standard InChI is InChI=1S/C16H31N5O2.HI/c1-16(2,3)21-14(23)11-19-15(17-4)18-10-9-13(22)20-12-7-5-6-8-12;/h12H,5-11H2,1-4H3,(H,20,22)(H,21,23)(H2,17,18,19);1H. The van der Waals surface area contributed by atoms with Crippen LogP contribution in [0.5, 0.6) is 0 Å². The Labute approximate surface area is 162 Å². The lowest BCUT2D eigenvalue weighted by Gasteiger charge is -2.21. The molecule has 0 spiro atoms. The van der Waals surface area contributed by atoms with Crippen molar-refractivity contribution in [3.8, 4) is 0 Å². The van der Waals surface area contributed by atoms with E-state index in [1.165, 1.54) is 12.8 Å². The van der Waals surface area contributed by atoms with E-state index in [1.807, 2.05) is 20.8 Å². The minimum absolute atomic E-state index is 0. The summed E-state index contributed by atoms with van der Waals surface area (Å²) in [4.78, 5) is 27.6. The predicted octanol–water partition coefficient (Wildman–Crippen LogP) is 1.13. The van der Waals surface area contributed by atoms with Crippen molar-refractivity contribution in [2.45, 2.75) is 64.5 Å². The van der Waals surface area contributed by atoms with Crippen LogP contribution >= 0.6 is 24.0 Å². The third kappa shape index (κ3) is 10.7.